The molecule has 6 heteroatoms. The third-order valence-electron chi connectivity index (χ3n) is 2.21. The third-order valence-corrected chi connectivity index (χ3v) is 3.65. The van der Waals surface area contributed by atoms with Crippen LogP contribution in [0.15, 0.2) is 11.4 Å². The van der Waals surface area contributed by atoms with Crippen molar-refractivity contribution in [3.8, 4) is 5.75 Å². The SMILES string of the molecule is COCC(Br)CN(C)C(=O)c1sccc1OC. The van der Waals surface area contributed by atoms with E-state index in [4.69, 9.17) is 9.47 Å². The summed E-state index contributed by atoms with van der Waals surface area (Å²) in [6.07, 6.45) is 0. The lowest BCUT2D eigenvalue weighted by atomic mass is 10.3. The second-order valence-corrected chi connectivity index (χ2v) is 5.77. The molecule has 1 heterocycles. The Labute approximate surface area is 114 Å². The Morgan fingerprint density at radius 2 is 2.29 bits per heavy atom. The van der Waals surface area contributed by atoms with Gasteiger partial charge in [-0.05, 0) is 11.4 Å². The number of hydrogen-bond acceptors (Lipinski definition) is 4. The van der Waals surface area contributed by atoms with E-state index in [-0.39, 0.29) is 10.7 Å². The summed E-state index contributed by atoms with van der Waals surface area (Å²) in [4.78, 5) is 14.5. The summed E-state index contributed by atoms with van der Waals surface area (Å²) in [5.41, 5.74) is 0. The van der Waals surface area contributed by atoms with Crippen molar-refractivity contribution in [1.29, 1.82) is 0 Å². The van der Waals surface area contributed by atoms with Gasteiger partial charge in [0.05, 0.1) is 18.5 Å². The van der Waals surface area contributed by atoms with Gasteiger partial charge in [0.1, 0.15) is 10.6 Å². The summed E-state index contributed by atoms with van der Waals surface area (Å²) in [5, 5.41) is 1.85. The Hall–Kier alpha value is -0.590. The summed E-state index contributed by atoms with van der Waals surface area (Å²) in [6.45, 7) is 1.16. The maximum atomic E-state index is 12.1. The largest absolute Gasteiger partial charge is 0.495 e. The molecule has 1 unspecified atom stereocenters. The maximum Gasteiger partial charge on any atom is 0.267 e. The Bertz CT molecular complexity index is 369. The third kappa shape index (κ3) is 3.97. The van der Waals surface area contributed by atoms with Crippen molar-refractivity contribution in [2.45, 2.75) is 4.83 Å². The van der Waals surface area contributed by atoms with Gasteiger partial charge in [-0.15, -0.1) is 11.3 Å². The van der Waals surface area contributed by atoms with E-state index in [1.165, 1.54) is 11.3 Å². The van der Waals surface area contributed by atoms with Crippen molar-refractivity contribution >= 4 is 33.2 Å². The van der Waals surface area contributed by atoms with Crippen molar-refractivity contribution in [3.05, 3.63) is 16.3 Å². The van der Waals surface area contributed by atoms with Crippen LogP contribution in [0, 0.1) is 0 Å². The van der Waals surface area contributed by atoms with Gasteiger partial charge >= 0.3 is 0 Å². The molecule has 0 aliphatic rings. The number of nitrogens with zero attached hydrogens (tertiary/aromatic N) is 1. The zero-order chi connectivity index (χ0) is 12.8. The van der Waals surface area contributed by atoms with E-state index in [0.29, 0.717) is 23.8 Å². The predicted octanol–water partition coefficient (Wildman–Crippen LogP) is 2.24. The van der Waals surface area contributed by atoms with Crippen LogP contribution in [0.2, 0.25) is 0 Å². The molecule has 4 nitrogen and oxygen atoms in total. The van der Waals surface area contributed by atoms with Crippen LogP contribution in [-0.4, -0.2) is 50.1 Å². The van der Waals surface area contributed by atoms with Crippen LogP contribution in [0.3, 0.4) is 0 Å². The lowest BCUT2D eigenvalue weighted by molar-refractivity contribution is 0.0786. The second kappa shape index (κ2) is 6.98. The van der Waals surface area contributed by atoms with E-state index in [1.54, 1.807) is 32.2 Å². The molecule has 0 aliphatic carbocycles. The minimum atomic E-state index is -0.0302. The van der Waals surface area contributed by atoms with Gasteiger partial charge in [-0.25, -0.2) is 0 Å². The summed E-state index contributed by atoms with van der Waals surface area (Å²) < 4.78 is 10.1. The van der Waals surface area contributed by atoms with E-state index >= 15 is 0 Å². The molecule has 0 saturated heterocycles. The molecule has 96 valence electrons. The maximum absolute atomic E-state index is 12.1. The summed E-state index contributed by atoms with van der Waals surface area (Å²) >= 11 is 4.85. The topological polar surface area (TPSA) is 38.8 Å². The van der Waals surface area contributed by atoms with Crippen LogP contribution in [0.5, 0.6) is 5.75 Å². The van der Waals surface area contributed by atoms with Crippen molar-refractivity contribution in [1.82, 2.24) is 4.90 Å². The van der Waals surface area contributed by atoms with Crippen LogP contribution in [-0.2, 0) is 4.74 Å². The van der Waals surface area contributed by atoms with Crippen LogP contribution < -0.4 is 4.74 Å². The van der Waals surface area contributed by atoms with Crippen molar-refractivity contribution in [3.63, 3.8) is 0 Å². The lowest BCUT2D eigenvalue weighted by Crippen LogP contribution is -2.33. The molecule has 1 amide bonds. The molecule has 0 radical (unpaired) electrons. The highest BCUT2D eigenvalue weighted by molar-refractivity contribution is 9.09. The number of carbonyl (C=O) groups excluding carboxylic acids is 1. The fraction of sp³-hybridized carbons (Fsp3) is 0.545. The Kier molecular flexibility index (Phi) is 5.94. The molecule has 1 aromatic rings. The standard InChI is InChI=1S/C11H16BrNO3S/c1-13(6-8(12)7-15-2)11(14)10-9(16-3)4-5-17-10/h4-5,8H,6-7H2,1-3H3. The number of ether oxygens (including phenoxy) is 2. The van der Waals surface area contributed by atoms with E-state index in [0.717, 1.165) is 0 Å². The molecular weight excluding hydrogens is 306 g/mol. The first kappa shape index (κ1) is 14.5. The van der Waals surface area contributed by atoms with Crippen LogP contribution >= 0.6 is 27.3 Å². The first-order valence-electron chi connectivity index (χ1n) is 5.10. The molecule has 0 bridgehead atoms. The first-order valence-corrected chi connectivity index (χ1v) is 6.89. The Balaban J connectivity index is 2.63. The van der Waals surface area contributed by atoms with Crippen molar-refractivity contribution < 1.29 is 14.3 Å². The molecular formula is C11H16BrNO3S. The molecule has 1 atom stereocenters. The average molecular weight is 322 g/mol. The van der Waals surface area contributed by atoms with Gasteiger partial charge in [-0.3, -0.25) is 4.79 Å². The van der Waals surface area contributed by atoms with Crippen LogP contribution in [0.1, 0.15) is 9.67 Å². The average Bonchev–Trinajstić information content (AvgIpc) is 2.76. The summed E-state index contributed by atoms with van der Waals surface area (Å²) in [5.74, 6) is 0.599. The van der Waals surface area contributed by atoms with Crippen LogP contribution in [0.4, 0.5) is 0 Å². The highest BCUT2D eigenvalue weighted by Gasteiger charge is 2.19. The fourth-order valence-corrected chi connectivity index (χ4v) is 2.95. The highest BCUT2D eigenvalue weighted by Crippen LogP contribution is 2.25. The predicted molar refractivity (Wildman–Crippen MR) is 72.4 cm³/mol. The molecule has 0 fully saturated rings. The minimum absolute atomic E-state index is 0.0302. The van der Waals surface area contributed by atoms with Gasteiger partial charge in [0.15, 0.2) is 0 Å². The molecule has 0 saturated carbocycles. The molecule has 1 aromatic heterocycles. The number of carbonyl (C=O) groups is 1. The van der Waals surface area contributed by atoms with Crippen molar-refractivity contribution in [2.24, 2.45) is 0 Å². The van der Waals surface area contributed by atoms with E-state index in [2.05, 4.69) is 15.9 Å². The van der Waals surface area contributed by atoms with Gasteiger partial charge in [0.2, 0.25) is 0 Å². The Morgan fingerprint density at radius 1 is 1.59 bits per heavy atom. The van der Waals surface area contributed by atoms with Gasteiger partial charge in [-0.2, -0.15) is 0 Å². The summed E-state index contributed by atoms with van der Waals surface area (Å²) in [7, 11) is 4.97. The number of thiophene rings is 1. The van der Waals surface area contributed by atoms with Gasteiger partial charge in [-0.1, -0.05) is 15.9 Å². The zero-order valence-electron chi connectivity index (χ0n) is 10.1. The van der Waals surface area contributed by atoms with E-state index < -0.39 is 0 Å². The van der Waals surface area contributed by atoms with Gasteiger partial charge < -0.3 is 14.4 Å². The number of hydrogen-bond donors (Lipinski definition) is 0. The van der Waals surface area contributed by atoms with E-state index in [9.17, 15) is 4.79 Å². The quantitative estimate of drug-likeness (QED) is 0.754. The molecule has 0 N–H and O–H groups in total. The number of halogens is 1. The number of amides is 1. The number of alkyl halides is 1. The molecule has 0 aromatic carbocycles. The first-order chi connectivity index (χ1) is 8.10. The van der Waals surface area contributed by atoms with Gasteiger partial charge in [0.25, 0.3) is 5.91 Å². The molecule has 0 spiro atoms. The van der Waals surface area contributed by atoms with Crippen LogP contribution in [0.25, 0.3) is 0 Å². The highest BCUT2D eigenvalue weighted by atomic mass is 79.9. The minimum Gasteiger partial charge on any atom is -0.495 e. The molecule has 1 rings (SSSR count). The van der Waals surface area contributed by atoms with Gasteiger partial charge in [0, 0.05) is 20.7 Å². The Morgan fingerprint density at radius 3 is 2.88 bits per heavy atom. The summed E-state index contributed by atoms with van der Waals surface area (Å²) in [6, 6.07) is 1.80. The van der Waals surface area contributed by atoms with Crippen molar-refractivity contribution in [2.75, 3.05) is 34.4 Å². The normalized spacial score (nSPS) is 12.2. The number of methoxy groups -OCH3 is 2. The lowest BCUT2D eigenvalue weighted by Gasteiger charge is -2.20. The zero-order valence-corrected chi connectivity index (χ0v) is 12.5. The fourth-order valence-electron chi connectivity index (χ4n) is 1.40. The smallest absolute Gasteiger partial charge is 0.267 e. The molecule has 0 aliphatic heterocycles. The van der Waals surface area contributed by atoms with E-state index in [1.807, 2.05) is 5.38 Å². The molecule has 17 heavy (non-hydrogen) atoms. The number of rotatable bonds is 6. The monoisotopic (exact) mass is 321 g/mol. The second-order valence-electron chi connectivity index (χ2n) is 3.56.